The number of pyridine rings is 1. The summed E-state index contributed by atoms with van der Waals surface area (Å²) in [5.74, 6) is 2.27. The quantitative estimate of drug-likeness (QED) is 0.756. The molecule has 7 heteroatoms. The Balaban J connectivity index is 1.58. The number of benzene rings is 1. The average molecular weight is 322 g/mol. The summed E-state index contributed by atoms with van der Waals surface area (Å²) >= 11 is 0. The van der Waals surface area contributed by atoms with Crippen LogP contribution in [-0.4, -0.2) is 31.4 Å². The zero-order valence-corrected chi connectivity index (χ0v) is 13.1. The summed E-state index contributed by atoms with van der Waals surface area (Å²) in [6.07, 6.45) is 0.882. The van der Waals surface area contributed by atoms with Crippen molar-refractivity contribution in [1.29, 1.82) is 0 Å². The summed E-state index contributed by atoms with van der Waals surface area (Å²) in [5.41, 5.74) is 7.15. The SMILES string of the molecule is Nc1ccc(N2CCn3c(nnc3C(O)c3ccccc3)C2)nc1. The fraction of sp³-hybridized carbons (Fsp3) is 0.235. The van der Waals surface area contributed by atoms with E-state index in [0.29, 0.717) is 24.6 Å². The number of hydrogen-bond donors (Lipinski definition) is 2. The second kappa shape index (κ2) is 5.93. The lowest BCUT2D eigenvalue weighted by Crippen LogP contribution is -2.35. The standard InChI is InChI=1S/C17H18N6O/c18-13-6-7-14(19-10-13)22-8-9-23-15(11-22)20-21-17(23)16(24)12-4-2-1-3-5-12/h1-7,10,16,24H,8-9,11,18H2. The number of hydrogen-bond acceptors (Lipinski definition) is 6. The van der Waals surface area contributed by atoms with E-state index in [1.165, 1.54) is 0 Å². The van der Waals surface area contributed by atoms with Crippen molar-refractivity contribution < 1.29 is 5.11 Å². The first-order valence-electron chi connectivity index (χ1n) is 7.84. The number of rotatable bonds is 3. The molecule has 4 rings (SSSR count). The van der Waals surface area contributed by atoms with Crippen LogP contribution in [0.1, 0.15) is 23.3 Å². The van der Waals surface area contributed by atoms with Crippen LogP contribution >= 0.6 is 0 Å². The maximum Gasteiger partial charge on any atom is 0.166 e. The normalized spacial score (nSPS) is 15.1. The van der Waals surface area contributed by atoms with Crippen molar-refractivity contribution in [3.63, 3.8) is 0 Å². The van der Waals surface area contributed by atoms with E-state index in [4.69, 9.17) is 5.73 Å². The zero-order valence-electron chi connectivity index (χ0n) is 13.1. The highest BCUT2D eigenvalue weighted by atomic mass is 16.3. The van der Waals surface area contributed by atoms with Gasteiger partial charge in [0.2, 0.25) is 0 Å². The van der Waals surface area contributed by atoms with Gasteiger partial charge in [-0.05, 0) is 17.7 Å². The Morgan fingerprint density at radius 3 is 2.62 bits per heavy atom. The first kappa shape index (κ1) is 14.6. The molecule has 2 aromatic heterocycles. The molecule has 0 saturated carbocycles. The topological polar surface area (TPSA) is 93.1 Å². The van der Waals surface area contributed by atoms with E-state index in [-0.39, 0.29) is 0 Å². The van der Waals surface area contributed by atoms with Gasteiger partial charge in [0.05, 0.1) is 18.4 Å². The summed E-state index contributed by atoms with van der Waals surface area (Å²) in [6.45, 7) is 2.08. The lowest BCUT2D eigenvalue weighted by Gasteiger charge is -2.29. The van der Waals surface area contributed by atoms with E-state index in [9.17, 15) is 5.11 Å². The van der Waals surface area contributed by atoms with Crippen LogP contribution in [0.25, 0.3) is 0 Å². The molecule has 0 radical (unpaired) electrons. The first-order valence-corrected chi connectivity index (χ1v) is 7.84. The van der Waals surface area contributed by atoms with Crippen LogP contribution < -0.4 is 10.6 Å². The number of nitrogens with zero attached hydrogens (tertiary/aromatic N) is 5. The average Bonchev–Trinajstić information content (AvgIpc) is 3.05. The number of fused-ring (bicyclic) bond motifs is 1. The molecule has 0 saturated heterocycles. The molecule has 0 aliphatic carbocycles. The molecule has 0 bridgehead atoms. The van der Waals surface area contributed by atoms with E-state index < -0.39 is 6.10 Å². The maximum atomic E-state index is 10.6. The van der Waals surface area contributed by atoms with Crippen LogP contribution in [0, 0.1) is 0 Å². The molecule has 1 aromatic carbocycles. The highest BCUT2D eigenvalue weighted by molar-refractivity contribution is 5.46. The van der Waals surface area contributed by atoms with Crippen LogP contribution in [0.4, 0.5) is 11.5 Å². The number of aliphatic hydroxyl groups excluding tert-OH is 1. The van der Waals surface area contributed by atoms with E-state index in [0.717, 1.165) is 23.8 Å². The summed E-state index contributed by atoms with van der Waals surface area (Å²) < 4.78 is 1.99. The molecule has 1 aliphatic rings. The maximum absolute atomic E-state index is 10.6. The van der Waals surface area contributed by atoms with Gasteiger partial charge in [-0.25, -0.2) is 4.98 Å². The van der Waals surface area contributed by atoms with Gasteiger partial charge in [-0.2, -0.15) is 0 Å². The number of nitrogens with two attached hydrogens (primary N) is 1. The second-order valence-corrected chi connectivity index (χ2v) is 5.81. The summed E-state index contributed by atoms with van der Waals surface area (Å²) in [6, 6.07) is 13.3. The van der Waals surface area contributed by atoms with E-state index in [2.05, 4.69) is 20.1 Å². The molecule has 1 unspecified atom stereocenters. The molecule has 0 amide bonds. The van der Waals surface area contributed by atoms with Crippen LogP contribution in [0.5, 0.6) is 0 Å². The second-order valence-electron chi connectivity index (χ2n) is 5.81. The molecule has 0 spiro atoms. The highest BCUT2D eigenvalue weighted by Gasteiger charge is 2.25. The Morgan fingerprint density at radius 2 is 1.88 bits per heavy atom. The van der Waals surface area contributed by atoms with E-state index >= 15 is 0 Å². The van der Waals surface area contributed by atoms with Crippen molar-refractivity contribution in [2.24, 2.45) is 0 Å². The number of aromatic nitrogens is 4. The summed E-state index contributed by atoms with van der Waals surface area (Å²) in [5, 5.41) is 19.1. The van der Waals surface area contributed by atoms with Crippen LogP contribution in [0.15, 0.2) is 48.7 Å². The fourth-order valence-corrected chi connectivity index (χ4v) is 2.95. The van der Waals surface area contributed by atoms with E-state index in [1.807, 2.05) is 47.0 Å². The third-order valence-corrected chi connectivity index (χ3v) is 4.24. The smallest absolute Gasteiger partial charge is 0.166 e. The van der Waals surface area contributed by atoms with Gasteiger partial charge in [-0.3, -0.25) is 0 Å². The molecule has 24 heavy (non-hydrogen) atoms. The number of nitrogen functional groups attached to an aromatic ring is 1. The zero-order chi connectivity index (χ0) is 16.5. The summed E-state index contributed by atoms with van der Waals surface area (Å²) in [7, 11) is 0. The molecule has 122 valence electrons. The molecule has 3 N–H and O–H groups in total. The first-order chi connectivity index (χ1) is 11.7. The fourth-order valence-electron chi connectivity index (χ4n) is 2.95. The van der Waals surface area contributed by atoms with Gasteiger partial charge in [-0.15, -0.1) is 10.2 Å². The Labute approximate surface area is 139 Å². The van der Waals surface area contributed by atoms with Crippen LogP contribution in [-0.2, 0) is 13.1 Å². The number of aliphatic hydroxyl groups is 1. The molecule has 3 aromatic rings. The highest BCUT2D eigenvalue weighted by Crippen LogP contribution is 2.25. The molecular formula is C17H18N6O. The van der Waals surface area contributed by atoms with Gasteiger partial charge in [0.25, 0.3) is 0 Å². The molecule has 3 heterocycles. The van der Waals surface area contributed by atoms with Crippen molar-refractivity contribution in [3.8, 4) is 0 Å². The minimum atomic E-state index is -0.770. The largest absolute Gasteiger partial charge is 0.397 e. The molecule has 0 fully saturated rings. The van der Waals surface area contributed by atoms with Crippen molar-refractivity contribution in [3.05, 3.63) is 65.9 Å². The summed E-state index contributed by atoms with van der Waals surface area (Å²) in [4.78, 5) is 6.49. The monoisotopic (exact) mass is 322 g/mol. The Morgan fingerprint density at radius 1 is 1.04 bits per heavy atom. The molecular weight excluding hydrogens is 304 g/mol. The Hall–Kier alpha value is -2.93. The van der Waals surface area contributed by atoms with Gasteiger partial charge in [0.1, 0.15) is 11.9 Å². The third kappa shape index (κ3) is 2.59. The number of anilines is 2. The Kier molecular flexibility index (Phi) is 3.62. The molecule has 1 atom stereocenters. The lowest BCUT2D eigenvalue weighted by molar-refractivity contribution is 0.203. The van der Waals surface area contributed by atoms with Crippen molar-refractivity contribution in [1.82, 2.24) is 19.7 Å². The van der Waals surface area contributed by atoms with E-state index in [1.54, 1.807) is 6.20 Å². The van der Waals surface area contributed by atoms with Crippen LogP contribution in [0.2, 0.25) is 0 Å². The van der Waals surface area contributed by atoms with Gasteiger partial charge in [0, 0.05) is 13.1 Å². The minimum absolute atomic E-state index is 0.584. The minimum Gasteiger partial charge on any atom is -0.397 e. The molecule has 7 nitrogen and oxygen atoms in total. The van der Waals surface area contributed by atoms with Gasteiger partial charge in [0.15, 0.2) is 11.6 Å². The Bertz CT molecular complexity index is 830. The molecule has 1 aliphatic heterocycles. The van der Waals surface area contributed by atoms with Gasteiger partial charge in [-0.1, -0.05) is 30.3 Å². The van der Waals surface area contributed by atoms with Gasteiger partial charge < -0.3 is 20.3 Å². The van der Waals surface area contributed by atoms with Crippen molar-refractivity contribution in [2.75, 3.05) is 17.2 Å². The van der Waals surface area contributed by atoms with Crippen molar-refractivity contribution >= 4 is 11.5 Å². The predicted molar refractivity (Wildman–Crippen MR) is 90.2 cm³/mol. The lowest BCUT2D eigenvalue weighted by atomic mass is 10.1. The third-order valence-electron chi connectivity index (χ3n) is 4.24. The van der Waals surface area contributed by atoms with Gasteiger partial charge >= 0.3 is 0 Å². The van der Waals surface area contributed by atoms with Crippen LogP contribution in [0.3, 0.4) is 0 Å². The predicted octanol–water partition coefficient (Wildman–Crippen LogP) is 1.36. The van der Waals surface area contributed by atoms with Crippen molar-refractivity contribution in [2.45, 2.75) is 19.2 Å².